The summed E-state index contributed by atoms with van der Waals surface area (Å²) in [7, 11) is 0. The molecule has 1 aliphatic carbocycles. The SMILES string of the molecule is Cc1noc(C)c1COC(=O)c1c2c(nc3ccccc13)/C(=C\c1ccc(C(C)(C)C)cc1)CC2. The zero-order valence-electron chi connectivity index (χ0n) is 20.9. The number of fused-ring (bicyclic) bond motifs is 2. The fourth-order valence-corrected chi connectivity index (χ4v) is 4.71. The lowest BCUT2D eigenvalue weighted by atomic mass is 9.86. The van der Waals surface area contributed by atoms with Gasteiger partial charge < -0.3 is 9.26 Å². The van der Waals surface area contributed by atoms with Gasteiger partial charge in [0.15, 0.2) is 0 Å². The molecule has 2 aromatic carbocycles. The quantitative estimate of drug-likeness (QED) is 0.304. The first-order valence-corrected chi connectivity index (χ1v) is 12.0. The van der Waals surface area contributed by atoms with Gasteiger partial charge >= 0.3 is 5.97 Å². The van der Waals surface area contributed by atoms with Gasteiger partial charge in [-0.1, -0.05) is 68.4 Å². The highest BCUT2D eigenvalue weighted by Gasteiger charge is 2.28. The van der Waals surface area contributed by atoms with Crippen molar-refractivity contribution >= 4 is 28.5 Å². The fraction of sp³-hybridized carbons (Fsp3) is 0.300. The largest absolute Gasteiger partial charge is 0.457 e. The Kier molecular flexibility index (Phi) is 5.79. The molecule has 35 heavy (non-hydrogen) atoms. The summed E-state index contributed by atoms with van der Waals surface area (Å²) in [5.41, 5.74) is 8.53. The summed E-state index contributed by atoms with van der Waals surface area (Å²) < 4.78 is 11.0. The van der Waals surface area contributed by atoms with Gasteiger partial charge in [-0.2, -0.15) is 0 Å². The zero-order valence-corrected chi connectivity index (χ0v) is 20.9. The third-order valence-electron chi connectivity index (χ3n) is 6.79. The maximum atomic E-state index is 13.4. The minimum absolute atomic E-state index is 0.116. The van der Waals surface area contributed by atoms with Crippen LogP contribution in [-0.4, -0.2) is 16.1 Å². The first kappa shape index (κ1) is 23.0. The summed E-state index contributed by atoms with van der Waals surface area (Å²) in [5, 5.41) is 4.78. The Balaban J connectivity index is 1.52. The molecule has 0 aliphatic heterocycles. The first-order valence-electron chi connectivity index (χ1n) is 12.0. The highest BCUT2D eigenvalue weighted by atomic mass is 16.5. The molecule has 0 atom stereocenters. The van der Waals surface area contributed by atoms with Crippen molar-refractivity contribution in [1.29, 1.82) is 0 Å². The van der Waals surface area contributed by atoms with Crippen molar-refractivity contribution in [2.45, 2.75) is 59.5 Å². The van der Waals surface area contributed by atoms with Crippen molar-refractivity contribution in [3.8, 4) is 0 Å². The van der Waals surface area contributed by atoms with Gasteiger partial charge in [0.1, 0.15) is 12.4 Å². The van der Waals surface area contributed by atoms with Gasteiger partial charge in [0, 0.05) is 5.39 Å². The molecule has 0 bridgehead atoms. The van der Waals surface area contributed by atoms with Gasteiger partial charge in [0.2, 0.25) is 0 Å². The van der Waals surface area contributed by atoms with Crippen LogP contribution in [0, 0.1) is 13.8 Å². The molecule has 0 unspecified atom stereocenters. The molecule has 2 heterocycles. The van der Waals surface area contributed by atoms with E-state index in [9.17, 15) is 4.79 Å². The van der Waals surface area contributed by atoms with Crippen molar-refractivity contribution in [3.63, 3.8) is 0 Å². The van der Waals surface area contributed by atoms with Crippen molar-refractivity contribution in [3.05, 3.63) is 93.5 Å². The Morgan fingerprint density at radius 3 is 2.49 bits per heavy atom. The molecule has 0 spiro atoms. The number of nitrogens with zero attached hydrogens (tertiary/aromatic N) is 2. The van der Waals surface area contributed by atoms with Crippen LogP contribution in [0.5, 0.6) is 0 Å². The van der Waals surface area contributed by atoms with Crippen molar-refractivity contribution < 1.29 is 14.1 Å². The minimum Gasteiger partial charge on any atom is -0.457 e. The smallest absolute Gasteiger partial charge is 0.339 e. The molecule has 0 fully saturated rings. The van der Waals surface area contributed by atoms with Crippen LogP contribution in [0.15, 0.2) is 53.1 Å². The third-order valence-corrected chi connectivity index (χ3v) is 6.79. The number of allylic oxidation sites excluding steroid dienone is 1. The van der Waals surface area contributed by atoms with Crippen molar-refractivity contribution in [2.75, 3.05) is 0 Å². The van der Waals surface area contributed by atoms with Crippen LogP contribution in [0.4, 0.5) is 0 Å². The molecule has 1 aliphatic rings. The molecule has 2 aromatic heterocycles. The lowest BCUT2D eigenvalue weighted by molar-refractivity contribution is 0.0472. The normalized spacial score (nSPS) is 14.5. The molecule has 0 saturated heterocycles. The van der Waals surface area contributed by atoms with E-state index in [1.54, 1.807) is 0 Å². The first-order chi connectivity index (χ1) is 16.7. The van der Waals surface area contributed by atoms with Gasteiger partial charge in [0.05, 0.1) is 28.0 Å². The predicted molar refractivity (Wildman–Crippen MR) is 138 cm³/mol. The number of esters is 1. The topological polar surface area (TPSA) is 65.2 Å². The van der Waals surface area contributed by atoms with E-state index in [0.717, 1.165) is 57.4 Å². The molecule has 0 amide bonds. The highest BCUT2D eigenvalue weighted by Crippen LogP contribution is 2.38. The molecule has 5 heteroatoms. The molecule has 0 radical (unpaired) electrons. The van der Waals surface area contributed by atoms with E-state index in [2.05, 4.69) is 56.3 Å². The van der Waals surface area contributed by atoms with Crippen LogP contribution in [0.1, 0.15) is 77.0 Å². The van der Waals surface area contributed by atoms with E-state index in [1.807, 2.05) is 38.1 Å². The third kappa shape index (κ3) is 4.39. The fourth-order valence-electron chi connectivity index (χ4n) is 4.71. The van der Waals surface area contributed by atoms with Crippen LogP contribution >= 0.6 is 0 Å². The Morgan fingerprint density at radius 2 is 1.80 bits per heavy atom. The minimum atomic E-state index is -0.337. The van der Waals surface area contributed by atoms with Gasteiger partial charge in [-0.25, -0.2) is 9.78 Å². The second kappa shape index (κ2) is 8.81. The summed E-state index contributed by atoms with van der Waals surface area (Å²) in [6, 6.07) is 16.5. The molecule has 5 nitrogen and oxygen atoms in total. The van der Waals surface area contributed by atoms with E-state index in [0.29, 0.717) is 11.3 Å². The predicted octanol–water partition coefficient (Wildman–Crippen LogP) is 6.98. The number of carbonyl (C=O) groups excluding carboxylic acids is 1. The summed E-state index contributed by atoms with van der Waals surface area (Å²) in [5.74, 6) is 0.332. The maximum absolute atomic E-state index is 13.4. The average molecular weight is 467 g/mol. The Labute approximate surface area is 205 Å². The van der Waals surface area contributed by atoms with Crippen LogP contribution in [-0.2, 0) is 23.2 Å². The number of aromatic nitrogens is 2. The Hall–Kier alpha value is -3.73. The molecular formula is C30H30N2O3. The van der Waals surface area contributed by atoms with E-state index in [4.69, 9.17) is 14.2 Å². The van der Waals surface area contributed by atoms with Crippen LogP contribution < -0.4 is 0 Å². The summed E-state index contributed by atoms with van der Waals surface area (Å²) in [4.78, 5) is 18.4. The molecule has 0 N–H and O–H groups in total. The van der Waals surface area contributed by atoms with Gasteiger partial charge in [0.25, 0.3) is 0 Å². The number of benzene rings is 2. The number of ether oxygens (including phenoxy) is 1. The van der Waals surface area contributed by atoms with E-state index in [-0.39, 0.29) is 18.0 Å². The van der Waals surface area contributed by atoms with Gasteiger partial charge in [-0.05, 0) is 66.5 Å². The number of carbonyl (C=O) groups is 1. The number of hydrogen-bond acceptors (Lipinski definition) is 5. The lowest BCUT2D eigenvalue weighted by Crippen LogP contribution is -2.11. The molecule has 5 rings (SSSR count). The zero-order chi connectivity index (χ0) is 24.7. The lowest BCUT2D eigenvalue weighted by Gasteiger charge is -2.18. The summed E-state index contributed by atoms with van der Waals surface area (Å²) in [6.07, 6.45) is 3.79. The summed E-state index contributed by atoms with van der Waals surface area (Å²) >= 11 is 0. The van der Waals surface area contributed by atoms with Crippen molar-refractivity contribution in [1.82, 2.24) is 10.1 Å². The van der Waals surface area contributed by atoms with Gasteiger partial charge in [-0.3, -0.25) is 0 Å². The number of pyridine rings is 1. The van der Waals surface area contributed by atoms with E-state index < -0.39 is 0 Å². The average Bonchev–Trinajstić information content (AvgIpc) is 3.37. The van der Waals surface area contributed by atoms with Crippen LogP contribution in [0.2, 0.25) is 0 Å². The van der Waals surface area contributed by atoms with Crippen molar-refractivity contribution in [2.24, 2.45) is 0 Å². The summed E-state index contributed by atoms with van der Waals surface area (Å²) in [6.45, 7) is 10.5. The molecule has 0 saturated carbocycles. The number of hydrogen-bond donors (Lipinski definition) is 0. The Morgan fingerprint density at radius 1 is 1.06 bits per heavy atom. The standard InChI is InChI=1S/C30H30N2O3/c1-18-25(19(2)35-32-18)17-34-29(33)27-23-8-6-7-9-26(23)31-28-21(12-15-24(27)28)16-20-10-13-22(14-11-20)30(3,4)5/h6-11,13-14,16H,12,15,17H2,1-5H3/b21-16-. The van der Waals surface area contributed by atoms with Gasteiger partial charge in [-0.15, -0.1) is 0 Å². The Bertz CT molecular complexity index is 1430. The van der Waals surface area contributed by atoms with E-state index in [1.165, 1.54) is 5.56 Å². The molecule has 178 valence electrons. The van der Waals surface area contributed by atoms with E-state index >= 15 is 0 Å². The maximum Gasteiger partial charge on any atom is 0.339 e. The monoisotopic (exact) mass is 466 g/mol. The van der Waals surface area contributed by atoms with Crippen LogP contribution in [0.25, 0.3) is 22.6 Å². The molecular weight excluding hydrogens is 436 g/mol. The number of rotatable bonds is 4. The second-order valence-corrected chi connectivity index (χ2v) is 10.3. The van der Waals surface area contributed by atoms with Crippen LogP contribution in [0.3, 0.4) is 0 Å². The number of aryl methyl sites for hydroxylation is 2. The number of para-hydroxylation sites is 1. The highest BCUT2D eigenvalue weighted by molar-refractivity contribution is 6.07. The molecule has 4 aromatic rings. The second-order valence-electron chi connectivity index (χ2n) is 10.3.